The van der Waals surface area contributed by atoms with Crippen LogP contribution >= 0.6 is 0 Å². The summed E-state index contributed by atoms with van der Waals surface area (Å²) in [5.41, 5.74) is 2.45. The van der Waals surface area contributed by atoms with Crippen LogP contribution in [-0.4, -0.2) is 19.6 Å². The number of fused-ring (bicyclic) bond motifs is 1. The molecule has 1 N–H and O–H groups in total. The van der Waals surface area contributed by atoms with Crippen LogP contribution in [0.5, 0.6) is 0 Å². The molecule has 0 spiro atoms. The first kappa shape index (κ1) is 14.8. The molecule has 0 saturated carbocycles. The van der Waals surface area contributed by atoms with Gasteiger partial charge in [0, 0.05) is 31.0 Å². The van der Waals surface area contributed by atoms with E-state index in [1.165, 1.54) is 17.3 Å². The Morgan fingerprint density at radius 1 is 1.05 bits per heavy atom. The van der Waals surface area contributed by atoms with Gasteiger partial charge in [-0.25, -0.2) is 0 Å². The Kier molecular flexibility index (Phi) is 3.96. The van der Waals surface area contributed by atoms with E-state index in [1.807, 2.05) is 12.1 Å². The van der Waals surface area contributed by atoms with Crippen molar-refractivity contribution in [2.24, 2.45) is 0 Å². The lowest BCUT2D eigenvalue weighted by Crippen LogP contribution is -2.27. The number of rotatable bonds is 4. The van der Waals surface area contributed by atoms with Crippen molar-refractivity contribution in [3.63, 3.8) is 0 Å². The largest absolute Gasteiger partial charge is 0.416 e. The highest BCUT2D eigenvalue weighted by Gasteiger charge is 2.30. The molecule has 0 bridgehead atoms. The summed E-state index contributed by atoms with van der Waals surface area (Å²) < 4.78 is 38.0. The molecule has 0 amide bonds. The van der Waals surface area contributed by atoms with Gasteiger partial charge in [0.1, 0.15) is 0 Å². The fourth-order valence-electron chi connectivity index (χ4n) is 2.78. The number of halogens is 3. The van der Waals surface area contributed by atoms with E-state index in [4.69, 9.17) is 0 Å². The maximum atomic E-state index is 12.7. The summed E-state index contributed by atoms with van der Waals surface area (Å²) in [6, 6.07) is 13.6. The Morgan fingerprint density at radius 3 is 2.68 bits per heavy atom. The van der Waals surface area contributed by atoms with Gasteiger partial charge in [-0.05, 0) is 36.2 Å². The zero-order chi connectivity index (χ0) is 15.6. The number of alkyl halides is 3. The van der Waals surface area contributed by atoms with Crippen molar-refractivity contribution in [1.82, 2.24) is 0 Å². The SMILES string of the molecule is FC(F)(F)c1cccc(NCCN2CCc3ccccc32)c1. The Morgan fingerprint density at radius 2 is 1.86 bits per heavy atom. The van der Waals surface area contributed by atoms with Gasteiger partial charge in [0.2, 0.25) is 0 Å². The zero-order valence-corrected chi connectivity index (χ0v) is 12.0. The maximum absolute atomic E-state index is 12.7. The van der Waals surface area contributed by atoms with E-state index in [0.717, 1.165) is 31.6 Å². The lowest BCUT2D eigenvalue weighted by Gasteiger charge is -2.20. The molecule has 0 aromatic heterocycles. The minimum Gasteiger partial charge on any atom is -0.383 e. The Bertz CT molecular complexity index is 652. The molecule has 3 rings (SSSR count). The van der Waals surface area contributed by atoms with Crippen LogP contribution in [0.1, 0.15) is 11.1 Å². The average molecular weight is 306 g/mol. The van der Waals surface area contributed by atoms with E-state index < -0.39 is 11.7 Å². The van der Waals surface area contributed by atoms with Gasteiger partial charge in [0.05, 0.1) is 5.56 Å². The van der Waals surface area contributed by atoms with Gasteiger partial charge < -0.3 is 10.2 Å². The van der Waals surface area contributed by atoms with Crippen molar-refractivity contribution < 1.29 is 13.2 Å². The molecular weight excluding hydrogens is 289 g/mol. The van der Waals surface area contributed by atoms with Gasteiger partial charge in [-0.2, -0.15) is 13.2 Å². The van der Waals surface area contributed by atoms with Crippen LogP contribution in [0.2, 0.25) is 0 Å². The van der Waals surface area contributed by atoms with Gasteiger partial charge in [-0.1, -0.05) is 24.3 Å². The number of nitrogens with one attached hydrogen (secondary N) is 1. The standard InChI is InChI=1S/C17H17F3N2/c18-17(19,20)14-5-3-6-15(12-14)21-9-11-22-10-8-13-4-1-2-7-16(13)22/h1-7,12,21H,8-11H2. The molecule has 2 aromatic rings. The fourth-order valence-corrected chi connectivity index (χ4v) is 2.78. The second-order valence-electron chi connectivity index (χ2n) is 5.37. The summed E-state index contributed by atoms with van der Waals surface area (Å²) in [7, 11) is 0. The van der Waals surface area contributed by atoms with Crippen molar-refractivity contribution in [1.29, 1.82) is 0 Å². The average Bonchev–Trinajstić information content (AvgIpc) is 2.90. The van der Waals surface area contributed by atoms with Crippen LogP contribution in [0.25, 0.3) is 0 Å². The van der Waals surface area contributed by atoms with E-state index in [9.17, 15) is 13.2 Å². The quantitative estimate of drug-likeness (QED) is 0.911. The molecule has 5 heteroatoms. The molecule has 0 saturated heterocycles. The molecule has 2 nitrogen and oxygen atoms in total. The molecular formula is C17H17F3N2. The molecule has 0 fully saturated rings. The lowest BCUT2D eigenvalue weighted by atomic mass is 10.2. The number of hydrogen-bond acceptors (Lipinski definition) is 2. The van der Waals surface area contributed by atoms with Gasteiger partial charge in [0.15, 0.2) is 0 Å². The van der Waals surface area contributed by atoms with Crippen molar-refractivity contribution in [3.05, 3.63) is 59.7 Å². The summed E-state index contributed by atoms with van der Waals surface area (Å²) in [5, 5.41) is 3.07. The van der Waals surface area contributed by atoms with Crippen LogP contribution < -0.4 is 10.2 Å². The highest BCUT2D eigenvalue weighted by Crippen LogP contribution is 2.31. The molecule has 0 atom stereocenters. The maximum Gasteiger partial charge on any atom is 0.416 e. The first-order valence-electron chi connectivity index (χ1n) is 7.28. The minimum atomic E-state index is -4.30. The normalized spacial score (nSPS) is 14.0. The second kappa shape index (κ2) is 5.91. The Hall–Kier alpha value is -2.17. The third kappa shape index (κ3) is 3.18. The molecule has 0 unspecified atom stereocenters. The first-order chi connectivity index (χ1) is 10.5. The first-order valence-corrected chi connectivity index (χ1v) is 7.28. The van der Waals surface area contributed by atoms with Crippen LogP contribution in [0.3, 0.4) is 0 Å². The van der Waals surface area contributed by atoms with Gasteiger partial charge in [-0.3, -0.25) is 0 Å². The summed E-state index contributed by atoms with van der Waals surface area (Å²) in [4.78, 5) is 2.26. The number of hydrogen-bond donors (Lipinski definition) is 1. The predicted octanol–water partition coefficient (Wildman–Crippen LogP) is 4.18. The van der Waals surface area contributed by atoms with Crippen molar-refractivity contribution in [2.45, 2.75) is 12.6 Å². The Labute approximate surface area is 127 Å². The predicted molar refractivity (Wildman–Crippen MR) is 82.3 cm³/mol. The molecule has 22 heavy (non-hydrogen) atoms. The van der Waals surface area contributed by atoms with E-state index in [0.29, 0.717) is 12.2 Å². The molecule has 116 valence electrons. The third-order valence-electron chi connectivity index (χ3n) is 3.88. The van der Waals surface area contributed by atoms with E-state index in [2.05, 4.69) is 22.3 Å². The summed E-state index contributed by atoms with van der Waals surface area (Å²) >= 11 is 0. The number of para-hydroxylation sites is 1. The fraction of sp³-hybridized carbons (Fsp3) is 0.294. The lowest BCUT2D eigenvalue weighted by molar-refractivity contribution is -0.137. The van der Waals surface area contributed by atoms with Crippen molar-refractivity contribution in [2.75, 3.05) is 29.9 Å². The van der Waals surface area contributed by atoms with Crippen LogP contribution in [0, 0.1) is 0 Å². The van der Waals surface area contributed by atoms with Gasteiger partial charge in [-0.15, -0.1) is 0 Å². The second-order valence-corrected chi connectivity index (χ2v) is 5.37. The summed E-state index contributed by atoms with van der Waals surface area (Å²) in [6.45, 7) is 2.34. The highest BCUT2D eigenvalue weighted by molar-refractivity contribution is 5.58. The zero-order valence-electron chi connectivity index (χ0n) is 12.0. The van der Waals surface area contributed by atoms with Crippen LogP contribution in [-0.2, 0) is 12.6 Å². The van der Waals surface area contributed by atoms with Gasteiger partial charge in [0.25, 0.3) is 0 Å². The van der Waals surface area contributed by atoms with E-state index >= 15 is 0 Å². The van der Waals surface area contributed by atoms with E-state index in [-0.39, 0.29) is 0 Å². The van der Waals surface area contributed by atoms with E-state index in [1.54, 1.807) is 6.07 Å². The summed E-state index contributed by atoms with van der Waals surface area (Å²) in [5.74, 6) is 0. The molecule has 1 aliphatic rings. The number of nitrogens with zero attached hydrogens (tertiary/aromatic N) is 1. The molecule has 1 aliphatic heterocycles. The number of anilines is 2. The molecule has 0 aliphatic carbocycles. The topological polar surface area (TPSA) is 15.3 Å². The van der Waals surface area contributed by atoms with Crippen molar-refractivity contribution in [3.8, 4) is 0 Å². The highest BCUT2D eigenvalue weighted by atomic mass is 19.4. The molecule has 2 aromatic carbocycles. The third-order valence-corrected chi connectivity index (χ3v) is 3.88. The summed E-state index contributed by atoms with van der Waals surface area (Å²) in [6.07, 6.45) is -3.27. The van der Waals surface area contributed by atoms with Crippen molar-refractivity contribution >= 4 is 11.4 Å². The monoisotopic (exact) mass is 306 g/mol. The molecule has 0 radical (unpaired) electrons. The smallest absolute Gasteiger partial charge is 0.383 e. The minimum absolute atomic E-state index is 0.502. The van der Waals surface area contributed by atoms with Crippen LogP contribution in [0.4, 0.5) is 24.5 Å². The number of benzene rings is 2. The Balaban J connectivity index is 1.58. The van der Waals surface area contributed by atoms with Crippen LogP contribution in [0.15, 0.2) is 48.5 Å². The van der Waals surface area contributed by atoms with Gasteiger partial charge >= 0.3 is 6.18 Å². The molecule has 1 heterocycles.